The molecule has 0 spiro atoms. The maximum absolute atomic E-state index is 13.4. The first kappa shape index (κ1) is 22.2. The Morgan fingerprint density at radius 2 is 1.91 bits per heavy atom. The predicted octanol–water partition coefficient (Wildman–Crippen LogP) is 3.04. The average molecular weight is 464 g/mol. The van der Waals surface area contributed by atoms with Gasteiger partial charge in [-0.3, -0.25) is 14.7 Å². The van der Waals surface area contributed by atoms with Crippen LogP contribution in [0, 0.1) is 0 Å². The van der Waals surface area contributed by atoms with Crippen LogP contribution in [0.2, 0.25) is 0 Å². The number of aromatic nitrogens is 3. The highest BCUT2D eigenvalue weighted by Crippen LogP contribution is 2.43. The van der Waals surface area contributed by atoms with Gasteiger partial charge in [0.2, 0.25) is 0 Å². The number of hydrogen-bond acceptors (Lipinski definition) is 5. The molecule has 9 nitrogen and oxygen atoms in total. The van der Waals surface area contributed by atoms with Crippen molar-refractivity contribution < 1.29 is 19.1 Å². The van der Waals surface area contributed by atoms with Crippen molar-refractivity contribution in [3.8, 4) is 0 Å². The van der Waals surface area contributed by atoms with E-state index in [0.29, 0.717) is 37.1 Å². The molecular weight excluding hydrogens is 434 g/mol. The zero-order valence-electron chi connectivity index (χ0n) is 19.9. The summed E-state index contributed by atoms with van der Waals surface area (Å²) in [6.45, 7) is 6.23. The minimum atomic E-state index is -0.954. The number of para-hydroxylation sites is 1. The van der Waals surface area contributed by atoms with E-state index in [-0.39, 0.29) is 24.1 Å². The van der Waals surface area contributed by atoms with Gasteiger partial charge in [-0.15, -0.1) is 0 Å². The normalized spacial score (nSPS) is 16.8. The van der Waals surface area contributed by atoms with Crippen LogP contribution in [0.25, 0.3) is 10.9 Å². The van der Waals surface area contributed by atoms with Crippen molar-refractivity contribution in [2.45, 2.75) is 57.7 Å². The number of hydrogen-bond donors (Lipinski definition) is 2. The molecule has 0 unspecified atom stereocenters. The molecular formula is C25H29N5O4. The molecule has 0 atom stereocenters. The summed E-state index contributed by atoms with van der Waals surface area (Å²) in [5.41, 5.74) is 1.63. The Balaban J connectivity index is 1.36. The largest absolute Gasteiger partial charge is 0.458 e. The fourth-order valence-electron chi connectivity index (χ4n) is 4.53. The van der Waals surface area contributed by atoms with Gasteiger partial charge in [0.15, 0.2) is 5.69 Å². The third-order valence-corrected chi connectivity index (χ3v) is 6.63. The number of H-pyrrole nitrogens is 2. The zero-order chi connectivity index (χ0) is 24.3. The Morgan fingerprint density at radius 1 is 1.18 bits per heavy atom. The second-order valence-corrected chi connectivity index (χ2v) is 10.2. The van der Waals surface area contributed by atoms with Gasteiger partial charge in [0.25, 0.3) is 11.8 Å². The summed E-state index contributed by atoms with van der Waals surface area (Å²) in [4.78, 5) is 45.8. The summed E-state index contributed by atoms with van der Waals surface area (Å²) in [6, 6.07) is 9.59. The van der Waals surface area contributed by atoms with Crippen LogP contribution in [0.1, 0.15) is 65.8 Å². The van der Waals surface area contributed by atoms with Crippen LogP contribution in [0.5, 0.6) is 0 Å². The predicted molar refractivity (Wildman–Crippen MR) is 125 cm³/mol. The van der Waals surface area contributed by atoms with Crippen molar-refractivity contribution in [2.75, 3.05) is 13.6 Å². The van der Waals surface area contributed by atoms with Crippen LogP contribution in [0.15, 0.2) is 30.3 Å². The van der Waals surface area contributed by atoms with E-state index in [9.17, 15) is 14.4 Å². The summed E-state index contributed by atoms with van der Waals surface area (Å²) in [7, 11) is 1.62. The molecule has 0 bridgehead atoms. The second-order valence-electron chi connectivity index (χ2n) is 10.2. The Hall–Kier alpha value is -3.62. The van der Waals surface area contributed by atoms with Crippen molar-refractivity contribution in [3.05, 3.63) is 53.0 Å². The lowest BCUT2D eigenvalue weighted by molar-refractivity contribution is -0.161. The lowest BCUT2D eigenvalue weighted by Crippen LogP contribution is -2.48. The number of ether oxygens (including phenoxy) is 1. The van der Waals surface area contributed by atoms with E-state index in [2.05, 4.69) is 15.2 Å². The maximum Gasteiger partial charge on any atom is 0.332 e. The van der Waals surface area contributed by atoms with Crippen LogP contribution in [-0.4, -0.2) is 67.5 Å². The number of carbonyl (C=O) groups excluding carboxylic acids is 3. The molecule has 2 aliphatic rings. The average Bonchev–Trinajstić information content (AvgIpc) is 3.32. The van der Waals surface area contributed by atoms with Crippen LogP contribution < -0.4 is 0 Å². The highest BCUT2D eigenvalue weighted by molar-refractivity contribution is 6.00. The topological polar surface area (TPSA) is 111 Å². The third-order valence-electron chi connectivity index (χ3n) is 6.63. The molecule has 5 rings (SSSR count). The minimum absolute atomic E-state index is 0.123. The van der Waals surface area contributed by atoms with E-state index in [0.717, 1.165) is 16.6 Å². The van der Waals surface area contributed by atoms with E-state index < -0.39 is 17.1 Å². The van der Waals surface area contributed by atoms with Crippen molar-refractivity contribution in [1.82, 2.24) is 25.0 Å². The molecule has 2 amide bonds. The molecule has 1 aliphatic heterocycles. The molecule has 34 heavy (non-hydrogen) atoms. The zero-order valence-corrected chi connectivity index (χ0v) is 19.9. The molecule has 1 aliphatic carbocycles. The highest BCUT2D eigenvalue weighted by atomic mass is 16.6. The fraction of sp³-hybridized carbons (Fsp3) is 0.440. The summed E-state index contributed by atoms with van der Waals surface area (Å²) in [5.74, 6) is -0.862. The lowest BCUT2D eigenvalue weighted by Gasteiger charge is -2.30. The number of carbonyl (C=O) groups is 3. The van der Waals surface area contributed by atoms with Gasteiger partial charge in [-0.05, 0) is 45.7 Å². The molecule has 0 saturated heterocycles. The van der Waals surface area contributed by atoms with Crippen molar-refractivity contribution in [3.63, 3.8) is 0 Å². The lowest BCUT2D eigenvalue weighted by atomic mass is 10.0. The van der Waals surface area contributed by atoms with E-state index in [1.807, 2.05) is 51.1 Å². The third kappa shape index (κ3) is 3.74. The number of fused-ring (bicyclic) bond motifs is 2. The highest BCUT2D eigenvalue weighted by Gasteiger charge is 2.57. The number of nitrogens with one attached hydrogen (secondary N) is 2. The SMILES string of the molecule is CN(C(=O)c1n[nH]c2c1CN(C(=O)c1cc3ccccc3[nH]1)CC2)C1(C(=O)OC(C)(C)C)CC1. The number of aromatic amines is 2. The Kier molecular flexibility index (Phi) is 5.03. The van der Waals surface area contributed by atoms with Crippen molar-refractivity contribution in [2.24, 2.45) is 0 Å². The standard InChI is InChI=1S/C25H29N5O4/c1-24(2,3)34-23(33)25(10-11-25)29(4)22(32)20-16-14-30(12-9-18(16)27-28-20)21(31)19-13-15-7-5-6-8-17(15)26-19/h5-8,13,26H,9-12,14H2,1-4H3,(H,27,28). The molecule has 3 aromatic rings. The first-order valence-corrected chi connectivity index (χ1v) is 11.5. The van der Waals surface area contributed by atoms with Crippen LogP contribution >= 0.6 is 0 Å². The quantitative estimate of drug-likeness (QED) is 0.578. The minimum Gasteiger partial charge on any atom is -0.458 e. The van der Waals surface area contributed by atoms with Gasteiger partial charge in [-0.2, -0.15) is 5.10 Å². The van der Waals surface area contributed by atoms with Gasteiger partial charge < -0.3 is 19.5 Å². The molecule has 1 saturated carbocycles. The van der Waals surface area contributed by atoms with Crippen LogP contribution in [-0.2, 0) is 22.5 Å². The first-order chi connectivity index (χ1) is 16.1. The van der Waals surface area contributed by atoms with E-state index in [1.54, 1.807) is 11.9 Å². The molecule has 178 valence electrons. The summed E-state index contributed by atoms with van der Waals surface area (Å²) >= 11 is 0. The fourth-order valence-corrected chi connectivity index (χ4v) is 4.53. The number of nitrogens with zero attached hydrogens (tertiary/aromatic N) is 3. The van der Waals surface area contributed by atoms with Gasteiger partial charge in [0.05, 0.1) is 6.54 Å². The summed E-state index contributed by atoms with van der Waals surface area (Å²) in [6.07, 6.45) is 1.69. The van der Waals surface area contributed by atoms with Crippen molar-refractivity contribution in [1.29, 1.82) is 0 Å². The van der Waals surface area contributed by atoms with Gasteiger partial charge in [0.1, 0.15) is 16.8 Å². The molecule has 0 radical (unpaired) electrons. The molecule has 2 N–H and O–H groups in total. The number of rotatable bonds is 4. The summed E-state index contributed by atoms with van der Waals surface area (Å²) < 4.78 is 5.57. The van der Waals surface area contributed by atoms with Gasteiger partial charge in [0, 0.05) is 42.2 Å². The Morgan fingerprint density at radius 3 is 2.59 bits per heavy atom. The molecule has 2 aromatic heterocycles. The Bertz CT molecular complexity index is 1260. The molecule has 1 aromatic carbocycles. The summed E-state index contributed by atoms with van der Waals surface area (Å²) in [5, 5.41) is 8.22. The van der Waals surface area contributed by atoms with Crippen LogP contribution in [0.3, 0.4) is 0 Å². The second kappa shape index (κ2) is 7.72. The number of amides is 2. The molecule has 1 fully saturated rings. The molecule has 9 heteroatoms. The maximum atomic E-state index is 13.4. The van der Waals surface area contributed by atoms with Crippen molar-refractivity contribution >= 4 is 28.7 Å². The van der Waals surface area contributed by atoms with E-state index >= 15 is 0 Å². The number of esters is 1. The Labute approximate surface area is 197 Å². The van der Waals surface area contributed by atoms with Crippen LogP contribution in [0.4, 0.5) is 0 Å². The van der Waals surface area contributed by atoms with Gasteiger partial charge in [-0.25, -0.2) is 4.79 Å². The van der Waals surface area contributed by atoms with Gasteiger partial charge in [-0.1, -0.05) is 18.2 Å². The number of likely N-dealkylation sites (N-methyl/N-ethyl adjacent to an activating group) is 1. The number of benzene rings is 1. The van der Waals surface area contributed by atoms with E-state index in [1.165, 1.54) is 4.90 Å². The molecule has 3 heterocycles. The monoisotopic (exact) mass is 463 g/mol. The smallest absolute Gasteiger partial charge is 0.332 e. The first-order valence-electron chi connectivity index (χ1n) is 11.5. The van der Waals surface area contributed by atoms with E-state index in [4.69, 9.17) is 4.74 Å². The van der Waals surface area contributed by atoms with Gasteiger partial charge >= 0.3 is 5.97 Å².